The number of anilines is 1. The van der Waals surface area contributed by atoms with Crippen LogP contribution in [0.1, 0.15) is 50.5 Å². The van der Waals surface area contributed by atoms with Gasteiger partial charge in [0.1, 0.15) is 0 Å². The third kappa shape index (κ3) is 4.16. The summed E-state index contributed by atoms with van der Waals surface area (Å²) in [7, 11) is 0. The van der Waals surface area contributed by atoms with Crippen molar-refractivity contribution in [1.29, 1.82) is 0 Å². The Labute approximate surface area is 119 Å². The van der Waals surface area contributed by atoms with Crippen molar-refractivity contribution in [3.8, 4) is 0 Å². The van der Waals surface area contributed by atoms with E-state index in [1.54, 1.807) is 0 Å². The molecule has 1 N–H and O–H groups in total. The number of benzene rings is 1. The van der Waals surface area contributed by atoms with Crippen molar-refractivity contribution in [1.82, 2.24) is 0 Å². The zero-order chi connectivity index (χ0) is 12.1. The maximum atomic E-state index is 3.71. The summed E-state index contributed by atoms with van der Waals surface area (Å²) in [6.07, 6.45) is 9.73. The molecule has 1 saturated carbocycles. The molecule has 17 heavy (non-hydrogen) atoms. The second kappa shape index (κ2) is 6.62. The van der Waals surface area contributed by atoms with Gasteiger partial charge in [-0.25, -0.2) is 0 Å². The van der Waals surface area contributed by atoms with Gasteiger partial charge in [-0.3, -0.25) is 0 Å². The van der Waals surface area contributed by atoms with Gasteiger partial charge in [0.15, 0.2) is 0 Å². The summed E-state index contributed by atoms with van der Waals surface area (Å²) in [4.78, 5) is 0. The van der Waals surface area contributed by atoms with Gasteiger partial charge in [-0.2, -0.15) is 0 Å². The minimum Gasteiger partial charge on any atom is -0.382 e. The van der Waals surface area contributed by atoms with Crippen LogP contribution in [0, 0.1) is 10.5 Å². The van der Waals surface area contributed by atoms with Crippen LogP contribution in [0.4, 0.5) is 5.69 Å². The number of nitrogens with one attached hydrogen (secondary N) is 1. The first-order valence-corrected chi connectivity index (χ1v) is 7.86. The van der Waals surface area contributed by atoms with Crippen molar-refractivity contribution in [2.24, 2.45) is 0 Å². The second-order valence-electron chi connectivity index (χ2n) is 5.15. The van der Waals surface area contributed by atoms with Gasteiger partial charge in [-0.15, -0.1) is 0 Å². The van der Waals surface area contributed by atoms with E-state index in [-0.39, 0.29) is 0 Å². The summed E-state index contributed by atoms with van der Waals surface area (Å²) in [5.41, 5.74) is 2.67. The van der Waals surface area contributed by atoms with Crippen LogP contribution in [0.5, 0.6) is 0 Å². The number of hydrogen-bond donors (Lipinski definition) is 1. The maximum Gasteiger partial charge on any atom is 0.0353 e. The highest BCUT2D eigenvalue weighted by Gasteiger charge is 2.11. The molecule has 0 bridgehead atoms. The number of aryl methyl sites for hydroxylation is 1. The summed E-state index contributed by atoms with van der Waals surface area (Å²) >= 11 is 2.42. The highest BCUT2D eigenvalue weighted by Crippen LogP contribution is 2.22. The summed E-state index contributed by atoms with van der Waals surface area (Å²) in [5, 5.41) is 3.71. The Balaban J connectivity index is 1.95. The predicted molar refractivity (Wildman–Crippen MR) is 83.6 cm³/mol. The van der Waals surface area contributed by atoms with Gasteiger partial charge in [0, 0.05) is 15.3 Å². The van der Waals surface area contributed by atoms with Crippen LogP contribution < -0.4 is 5.32 Å². The summed E-state index contributed by atoms with van der Waals surface area (Å²) in [6, 6.07) is 7.40. The summed E-state index contributed by atoms with van der Waals surface area (Å²) in [5.74, 6) is 0. The topological polar surface area (TPSA) is 12.0 Å². The molecule has 0 aliphatic heterocycles. The van der Waals surface area contributed by atoms with Gasteiger partial charge >= 0.3 is 0 Å². The molecule has 1 aromatic carbocycles. The molecule has 2 heteroatoms. The fourth-order valence-corrected chi connectivity index (χ4v) is 3.03. The minimum absolute atomic E-state index is 0.689. The van der Waals surface area contributed by atoms with E-state index in [9.17, 15) is 0 Å². The lowest BCUT2D eigenvalue weighted by Gasteiger charge is -2.22. The molecule has 0 amide bonds. The average Bonchev–Trinajstić information content (AvgIpc) is 2.27. The smallest absolute Gasteiger partial charge is 0.0353 e. The highest BCUT2D eigenvalue weighted by atomic mass is 127. The van der Waals surface area contributed by atoms with E-state index in [4.69, 9.17) is 0 Å². The fraction of sp³-hybridized carbons (Fsp3) is 0.600. The van der Waals surface area contributed by atoms with Gasteiger partial charge in [0.2, 0.25) is 0 Å². The van der Waals surface area contributed by atoms with Crippen LogP contribution >= 0.6 is 22.6 Å². The molecule has 0 spiro atoms. The van der Waals surface area contributed by atoms with E-state index in [0.717, 1.165) is 0 Å². The molecule has 0 radical (unpaired) electrons. The van der Waals surface area contributed by atoms with E-state index in [1.165, 1.54) is 59.8 Å². The third-order valence-electron chi connectivity index (χ3n) is 3.65. The van der Waals surface area contributed by atoms with Crippen molar-refractivity contribution in [2.75, 3.05) is 5.32 Å². The lowest BCUT2D eigenvalue weighted by molar-refractivity contribution is 0.471. The van der Waals surface area contributed by atoms with Crippen LogP contribution in [0.3, 0.4) is 0 Å². The van der Waals surface area contributed by atoms with Crippen LogP contribution in [-0.2, 0) is 0 Å². The van der Waals surface area contributed by atoms with E-state index in [2.05, 4.69) is 53.0 Å². The minimum atomic E-state index is 0.689. The van der Waals surface area contributed by atoms with Gasteiger partial charge < -0.3 is 5.32 Å². The van der Waals surface area contributed by atoms with E-state index in [0.29, 0.717) is 6.04 Å². The molecule has 1 nitrogen and oxygen atoms in total. The van der Waals surface area contributed by atoms with Crippen molar-refractivity contribution >= 4 is 28.3 Å². The zero-order valence-corrected chi connectivity index (χ0v) is 12.8. The molecule has 2 rings (SSSR count). The zero-order valence-electron chi connectivity index (χ0n) is 10.6. The Bertz CT molecular complexity index is 354. The molecule has 0 saturated heterocycles. The summed E-state index contributed by atoms with van der Waals surface area (Å²) < 4.78 is 1.36. The lowest BCUT2D eigenvalue weighted by atomic mass is 9.96. The first-order chi connectivity index (χ1) is 8.25. The van der Waals surface area contributed by atoms with E-state index in [1.807, 2.05) is 0 Å². The SMILES string of the molecule is Cc1ccc(NC2CCCCCCC2)cc1I. The molecule has 94 valence electrons. The third-order valence-corrected chi connectivity index (χ3v) is 4.81. The first-order valence-electron chi connectivity index (χ1n) is 6.78. The molecule has 1 aliphatic carbocycles. The summed E-state index contributed by atoms with van der Waals surface area (Å²) in [6.45, 7) is 2.17. The molecular formula is C15H22IN. The molecule has 0 aromatic heterocycles. The lowest BCUT2D eigenvalue weighted by Crippen LogP contribution is -2.20. The number of hydrogen-bond acceptors (Lipinski definition) is 1. The average molecular weight is 343 g/mol. The van der Waals surface area contributed by atoms with Gasteiger partial charge in [-0.1, -0.05) is 38.2 Å². The standard InChI is InChI=1S/C15H22IN/c1-12-9-10-14(11-15(12)16)17-13-7-5-3-2-4-6-8-13/h9-11,13,17H,2-8H2,1H3. The molecule has 1 aliphatic rings. The van der Waals surface area contributed by atoms with Crippen molar-refractivity contribution in [2.45, 2.75) is 57.9 Å². The Morgan fingerprint density at radius 3 is 2.35 bits per heavy atom. The quantitative estimate of drug-likeness (QED) is 0.735. The molecule has 1 fully saturated rings. The molecule has 0 atom stereocenters. The number of halogens is 1. The Kier molecular flexibility index (Phi) is 5.14. The predicted octanol–water partition coefficient (Wildman–Crippen LogP) is 5.12. The normalized spacial score (nSPS) is 18.5. The van der Waals surface area contributed by atoms with Crippen molar-refractivity contribution < 1.29 is 0 Å². The molecule has 0 heterocycles. The van der Waals surface area contributed by atoms with Crippen LogP contribution in [0.15, 0.2) is 18.2 Å². The van der Waals surface area contributed by atoms with Gasteiger partial charge in [0.05, 0.1) is 0 Å². The monoisotopic (exact) mass is 343 g/mol. The Morgan fingerprint density at radius 1 is 1.06 bits per heavy atom. The maximum absolute atomic E-state index is 3.71. The van der Waals surface area contributed by atoms with Crippen LogP contribution in [0.2, 0.25) is 0 Å². The molecular weight excluding hydrogens is 321 g/mol. The van der Waals surface area contributed by atoms with Gasteiger partial charge in [-0.05, 0) is 60.1 Å². The fourth-order valence-electron chi connectivity index (χ4n) is 2.52. The highest BCUT2D eigenvalue weighted by molar-refractivity contribution is 14.1. The van der Waals surface area contributed by atoms with Crippen LogP contribution in [0.25, 0.3) is 0 Å². The van der Waals surface area contributed by atoms with E-state index >= 15 is 0 Å². The molecule has 1 aromatic rings. The van der Waals surface area contributed by atoms with E-state index < -0.39 is 0 Å². The first kappa shape index (κ1) is 13.2. The van der Waals surface area contributed by atoms with Gasteiger partial charge in [0.25, 0.3) is 0 Å². The van der Waals surface area contributed by atoms with Crippen molar-refractivity contribution in [3.63, 3.8) is 0 Å². The van der Waals surface area contributed by atoms with Crippen LogP contribution in [-0.4, -0.2) is 6.04 Å². The number of rotatable bonds is 2. The Morgan fingerprint density at radius 2 is 1.71 bits per heavy atom. The second-order valence-corrected chi connectivity index (χ2v) is 6.31. The largest absolute Gasteiger partial charge is 0.382 e. The Hall–Kier alpha value is -0.250. The molecule has 0 unspecified atom stereocenters. The van der Waals surface area contributed by atoms with Crippen molar-refractivity contribution in [3.05, 3.63) is 27.3 Å².